The van der Waals surface area contributed by atoms with Crippen molar-refractivity contribution in [1.82, 2.24) is 10.9 Å². The fourth-order valence-corrected chi connectivity index (χ4v) is 0.529. The van der Waals surface area contributed by atoms with Crippen molar-refractivity contribution in [2.75, 3.05) is 0 Å². The van der Waals surface area contributed by atoms with E-state index in [1.54, 1.807) is 13.8 Å². The molecule has 74 valence electrons. The normalized spacial score (nSPS) is 8.85. The highest BCUT2D eigenvalue weighted by molar-refractivity contribution is 5.85. The van der Waals surface area contributed by atoms with Crippen LogP contribution >= 0.6 is 0 Å². The van der Waals surface area contributed by atoms with Crippen LogP contribution in [-0.4, -0.2) is 17.5 Å². The van der Waals surface area contributed by atoms with E-state index in [-0.39, 0.29) is 24.7 Å². The third-order valence-corrected chi connectivity index (χ3v) is 1.14. The van der Waals surface area contributed by atoms with E-state index in [1.165, 1.54) is 0 Å². The van der Waals surface area contributed by atoms with Gasteiger partial charge in [-0.05, 0) is 13.8 Å². The van der Waals surface area contributed by atoms with Gasteiger partial charge in [-0.15, -0.1) is 0 Å². The van der Waals surface area contributed by atoms with Crippen molar-refractivity contribution in [3.8, 4) is 0 Å². The molecule has 2 amide bonds. The first-order chi connectivity index (χ1) is 6.06. The zero-order valence-corrected chi connectivity index (χ0v) is 7.76. The zero-order chi connectivity index (χ0) is 10.3. The number of hydrogen-bond acceptors (Lipinski definition) is 4. The number of hydrazone groups is 1. The SMILES string of the molecule is CC(C)=NNC(=O)CCC(=O)NN. The molecule has 0 aliphatic rings. The lowest BCUT2D eigenvalue weighted by Gasteiger charge is -1.99. The predicted molar refractivity (Wildman–Crippen MR) is 48.5 cm³/mol. The number of carbonyl (C=O) groups is 2. The van der Waals surface area contributed by atoms with Crippen LogP contribution in [0.1, 0.15) is 26.7 Å². The molecule has 0 aromatic rings. The van der Waals surface area contributed by atoms with Crippen molar-refractivity contribution >= 4 is 17.5 Å². The van der Waals surface area contributed by atoms with E-state index in [0.29, 0.717) is 0 Å². The van der Waals surface area contributed by atoms with E-state index < -0.39 is 0 Å². The molecule has 0 saturated carbocycles. The Morgan fingerprint density at radius 1 is 1.23 bits per heavy atom. The summed E-state index contributed by atoms with van der Waals surface area (Å²) in [4.78, 5) is 21.5. The number of amides is 2. The number of nitrogens with zero attached hydrogens (tertiary/aromatic N) is 1. The summed E-state index contributed by atoms with van der Waals surface area (Å²) in [7, 11) is 0. The van der Waals surface area contributed by atoms with Crippen molar-refractivity contribution in [3.05, 3.63) is 0 Å². The summed E-state index contributed by atoms with van der Waals surface area (Å²) in [6.07, 6.45) is 0.153. The Labute approximate surface area is 76.5 Å². The smallest absolute Gasteiger partial charge is 0.240 e. The van der Waals surface area contributed by atoms with Crippen molar-refractivity contribution in [1.29, 1.82) is 0 Å². The fraction of sp³-hybridized carbons (Fsp3) is 0.571. The lowest BCUT2D eigenvalue weighted by atomic mass is 10.3. The molecule has 0 bridgehead atoms. The molecule has 0 aliphatic carbocycles. The molecule has 0 atom stereocenters. The number of nitrogens with one attached hydrogen (secondary N) is 2. The molecule has 0 saturated heterocycles. The van der Waals surface area contributed by atoms with Gasteiger partial charge in [-0.1, -0.05) is 0 Å². The summed E-state index contributed by atoms with van der Waals surface area (Å²) in [5.41, 5.74) is 4.97. The molecule has 0 fully saturated rings. The van der Waals surface area contributed by atoms with E-state index in [4.69, 9.17) is 5.84 Å². The van der Waals surface area contributed by atoms with Gasteiger partial charge in [-0.3, -0.25) is 15.0 Å². The summed E-state index contributed by atoms with van der Waals surface area (Å²) < 4.78 is 0. The van der Waals surface area contributed by atoms with Crippen LogP contribution in [0.15, 0.2) is 5.10 Å². The van der Waals surface area contributed by atoms with Crippen LogP contribution in [0, 0.1) is 0 Å². The number of nitrogens with two attached hydrogens (primary N) is 1. The molecule has 0 radical (unpaired) electrons. The van der Waals surface area contributed by atoms with E-state index in [9.17, 15) is 9.59 Å². The molecule has 0 spiro atoms. The van der Waals surface area contributed by atoms with Gasteiger partial charge in [0.1, 0.15) is 0 Å². The molecule has 0 unspecified atom stereocenters. The molecular formula is C7H14N4O2. The van der Waals surface area contributed by atoms with E-state index >= 15 is 0 Å². The second kappa shape index (κ2) is 6.13. The highest BCUT2D eigenvalue weighted by atomic mass is 16.2. The quantitative estimate of drug-likeness (QED) is 0.234. The molecule has 6 heteroatoms. The van der Waals surface area contributed by atoms with Crippen LogP contribution < -0.4 is 16.7 Å². The fourth-order valence-electron chi connectivity index (χ4n) is 0.529. The van der Waals surface area contributed by atoms with Crippen LogP contribution in [-0.2, 0) is 9.59 Å². The number of carbonyl (C=O) groups excluding carboxylic acids is 2. The Kier molecular flexibility index (Phi) is 5.45. The van der Waals surface area contributed by atoms with Crippen molar-refractivity contribution in [2.24, 2.45) is 10.9 Å². The summed E-state index contributed by atoms with van der Waals surface area (Å²) in [5.74, 6) is 4.15. The largest absolute Gasteiger partial charge is 0.294 e. The molecular weight excluding hydrogens is 172 g/mol. The molecule has 0 rings (SSSR count). The van der Waals surface area contributed by atoms with E-state index in [2.05, 4.69) is 10.5 Å². The average Bonchev–Trinajstić information content (AvgIpc) is 2.10. The third-order valence-electron chi connectivity index (χ3n) is 1.14. The van der Waals surface area contributed by atoms with Crippen molar-refractivity contribution in [2.45, 2.75) is 26.7 Å². The van der Waals surface area contributed by atoms with Gasteiger partial charge in [0.15, 0.2) is 0 Å². The Morgan fingerprint density at radius 2 is 1.77 bits per heavy atom. The minimum Gasteiger partial charge on any atom is -0.294 e. The predicted octanol–water partition coefficient (Wildman–Crippen LogP) is -0.731. The minimum absolute atomic E-state index is 0.0701. The van der Waals surface area contributed by atoms with Gasteiger partial charge in [0.05, 0.1) is 0 Å². The lowest BCUT2D eigenvalue weighted by Crippen LogP contribution is -2.31. The van der Waals surface area contributed by atoms with Crippen molar-refractivity contribution < 1.29 is 9.59 Å². The Bertz CT molecular complexity index is 221. The first-order valence-corrected chi connectivity index (χ1v) is 3.85. The highest BCUT2D eigenvalue weighted by Gasteiger charge is 2.03. The number of hydrazine groups is 1. The average molecular weight is 186 g/mol. The standard InChI is InChI=1S/C7H14N4O2/c1-5(2)10-11-7(13)4-3-6(12)9-8/h3-4,8H2,1-2H3,(H,9,12)(H,11,13). The Morgan fingerprint density at radius 3 is 2.23 bits per heavy atom. The molecule has 13 heavy (non-hydrogen) atoms. The second-order valence-electron chi connectivity index (χ2n) is 2.66. The number of hydrogen-bond donors (Lipinski definition) is 3. The second-order valence-corrected chi connectivity index (χ2v) is 2.66. The maximum Gasteiger partial charge on any atom is 0.240 e. The first-order valence-electron chi connectivity index (χ1n) is 3.85. The zero-order valence-electron chi connectivity index (χ0n) is 7.76. The van der Waals surface area contributed by atoms with Gasteiger partial charge in [0.2, 0.25) is 11.8 Å². The monoisotopic (exact) mass is 186 g/mol. The van der Waals surface area contributed by atoms with Gasteiger partial charge in [0, 0.05) is 18.6 Å². The van der Waals surface area contributed by atoms with E-state index in [1.807, 2.05) is 5.43 Å². The topological polar surface area (TPSA) is 96.6 Å². The molecule has 6 nitrogen and oxygen atoms in total. The molecule has 0 heterocycles. The van der Waals surface area contributed by atoms with Crippen LogP contribution in [0.2, 0.25) is 0 Å². The highest BCUT2D eigenvalue weighted by Crippen LogP contribution is 1.87. The minimum atomic E-state index is -0.368. The number of rotatable bonds is 4. The van der Waals surface area contributed by atoms with Crippen LogP contribution in [0.25, 0.3) is 0 Å². The maximum atomic E-state index is 10.9. The lowest BCUT2D eigenvalue weighted by molar-refractivity contribution is -0.126. The molecule has 4 N–H and O–H groups in total. The first kappa shape index (κ1) is 11.6. The van der Waals surface area contributed by atoms with Crippen LogP contribution in [0.4, 0.5) is 0 Å². The third kappa shape index (κ3) is 6.95. The summed E-state index contributed by atoms with van der Waals surface area (Å²) >= 11 is 0. The summed E-state index contributed by atoms with van der Waals surface area (Å²) in [5, 5.41) is 3.68. The Balaban J connectivity index is 3.64. The molecule has 0 aliphatic heterocycles. The van der Waals surface area contributed by atoms with Gasteiger partial charge >= 0.3 is 0 Å². The maximum absolute atomic E-state index is 10.9. The summed E-state index contributed by atoms with van der Waals surface area (Å²) in [6, 6.07) is 0. The molecule has 0 aromatic carbocycles. The van der Waals surface area contributed by atoms with Crippen LogP contribution in [0.3, 0.4) is 0 Å². The molecule has 0 aromatic heterocycles. The van der Waals surface area contributed by atoms with E-state index in [0.717, 1.165) is 5.71 Å². The van der Waals surface area contributed by atoms with Gasteiger partial charge in [-0.2, -0.15) is 5.10 Å². The van der Waals surface area contributed by atoms with Crippen LogP contribution in [0.5, 0.6) is 0 Å². The van der Waals surface area contributed by atoms with Gasteiger partial charge in [0.25, 0.3) is 0 Å². The summed E-state index contributed by atoms with van der Waals surface area (Å²) in [6.45, 7) is 3.51. The Hall–Kier alpha value is -1.43. The van der Waals surface area contributed by atoms with Crippen molar-refractivity contribution in [3.63, 3.8) is 0 Å². The van der Waals surface area contributed by atoms with Gasteiger partial charge < -0.3 is 0 Å². The van der Waals surface area contributed by atoms with Gasteiger partial charge in [-0.25, -0.2) is 11.3 Å².